The van der Waals surface area contributed by atoms with Gasteiger partial charge in [-0.15, -0.1) is 0 Å². The smallest absolute Gasteiger partial charge is 0.203 e. The molecule has 0 bridgehead atoms. The van der Waals surface area contributed by atoms with Crippen molar-refractivity contribution >= 4 is 17.7 Å². The van der Waals surface area contributed by atoms with Gasteiger partial charge < -0.3 is 14.6 Å². The maximum absolute atomic E-state index is 5.17. The fourth-order valence-electron chi connectivity index (χ4n) is 2.52. The molecule has 1 aliphatic heterocycles. The van der Waals surface area contributed by atoms with E-state index in [-0.39, 0.29) is 6.04 Å². The Kier molecular flexibility index (Phi) is 5.58. The van der Waals surface area contributed by atoms with Gasteiger partial charge >= 0.3 is 0 Å². The average Bonchev–Trinajstić information content (AvgIpc) is 2.71. The van der Waals surface area contributed by atoms with Gasteiger partial charge in [0.25, 0.3) is 0 Å². The number of thioether (sulfide) groups is 1. The van der Waals surface area contributed by atoms with E-state index >= 15 is 0 Å². The molecule has 0 spiro atoms. The van der Waals surface area contributed by atoms with Crippen LogP contribution in [0.3, 0.4) is 0 Å². The van der Waals surface area contributed by atoms with E-state index < -0.39 is 0 Å². The van der Waals surface area contributed by atoms with Crippen LogP contribution >= 0.6 is 11.8 Å². The summed E-state index contributed by atoms with van der Waals surface area (Å²) in [4.78, 5) is 4.59. The second-order valence-corrected chi connectivity index (χ2v) is 6.64. The third-order valence-corrected chi connectivity index (χ3v) is 4.53. The van der Waals surface area contributed by atoms with Gasteiger partial charge in [0.15, 0.2) is 0 Å². The standard InChI is InChI=1S/C14H25N3OS/c1-11-8-17(9-13-4-6-19-7-5-13)14(15-11)16-12(2)10-18-3/h8,12-13H,4-7,9-10H2,1-3H3,(H,15,16). The molecule has 0 saturated carbocycles. The number of aromatic nitrogens is 2. The number of ether oxygens (including phenoxy) is 1. The molecular formula is C14H25N3OS. The highest BCUT2D eigenvalue weighted by Gasteiger charge is 2.17. The van der Waals surface area contributed by atoms with Crippen LogP contribution < -0.4 is 5.32 Å². The van der Waals surface area contributed by atoms with Gasteiger partial charge in [0.1, 0.15) is 0 Å². The first kappa shape index (κ1) is 14.7. The lowest BCUT2D eigenvalue weighted by atomic mass is 10.0. The summed E-state index contributed by atoms with van der Waals surface area (Å²) in [6.07, 6.45) is 4.81. The van der Waals surface area contributed by atoms with Crippen LogP contribution in [0.4, 0.5) is 5.95 Å². The van der Waals surface area contributed by atoms with Crippen LogP contribution in [0.2, 0.25) is 0 Å². The number of hydrogen-bond acceptors (Lipinski definition) is 4. The highest BCUT2D eigenvalue weighted by molar-refractivity contribution is 7.99. The summed E-state index contributed by atoms with van der Waals surface area (Å²) < 4.78 is 7.45. The number of methoxy groups -OCH3 is 1. The number of nitrogens with one attached hydrogen (secondary N) is 1. The minimum atomic E-state index is 0.285. The maximum atomic E-state index is 5.17. The average molecular weight is 283 g/mol. The number of aryl methyl sites for hydroxylation is 1. The van der Waals surface area contributed by atoms with E-state index in [0.717, 1.165) is 24.1 Å². The van der Waals surface area contributed by atoms with Gasteiger partial charge in [0.05, 0.1) is 12.3 Å². The fourth-order valence-corrected chi connectivity index (χ4v) is 3.72. The van der Waals surface area contributed by atoms with Crippen molar-refractivity contribution in [2.24, 2.45) is 5.92 Å². The van der Waals surface area contributed by atoms with E-state index in [1.165, 1.54) is 24.3 Å². The molecule has 0 aliphatic carbocycles. The minimum Gasteiger partial charge on any atom is -0.383 e. The summed E-state index contributed by atoms with van der Waals surface area (Å²) in [6, 6.07) is 0.285. The molecule has 0 amide bonds. The Balaban J connectivity index is 1.98. The van der Waals surface area contributed by atoms with Crippen LogP contribution in [0.15, 0.2) is 6.20 Å². The van der Waals surface area contributed by atoms with Crippen LogP contribution in [-0.2, 0) is 11.3 Å². The van der Waals surface area contributed by atoms with E-state index in [1.807, 2.05) is 0 Å². The van der Waals surface area contributed by atoms with Gasteiger partial charge in [-0.2, -0.15) is 11.8 Å². The van der Waals surface area contributed by atoms with Crippen molar-refractivity contribution in [2.45, 2.75) is 39.3 Å². The Hall–Kier alpha value is -0.680. The second kappa shape index (κ2) is 7.20. The van der Waals surface area contributed by atoms with Gasteiger partial charge in [0, 0.05) is 25.9 Å². The molecule has 2 heterocycles. The van der Waals surface area contributed by atoms with E-state index in [4.69, 9.17) is 4.74 Å². The highest BCUT2D eigenvalue weighted by atomic mass is 32.2. The van der Waals surface area contributed by atoms with Crippen LogP contribution in [0.25, 0.3) is 0 Å². The predicted molar refractivity (Wildman–Crippen MR) is 82.0 cm³/mol. The molecule has 0 aromatic carbocycles. The molecular weight excluding hydrogens is 258 g/mol. The van der Waals surface area contributed by atoms with Crippen LogP contribution in [0, 0.1) is 12.8 Å². The van der Waals surface area contributed by atoms with Gasteiger partial charge in [-0.05, 0) is 44.1 Å². The Morgan fingerprint density at radius 1 is 1.53 bits per heavy atom. The first-order chi connectivity index (χ1) is 9.19. The first-order valence-electron chi connectivity index (χ1n) is 7.06. The van der Waals surface area contributed by atoms with Crippen molar-refractivity contribution in [3.8, 4) is 0 Å². The van der Waals surface area contributed by atoms with Crippen molar-refractivity contribution in [1.82, 2.24) is 9.55 Å². The Labute approximate surface area is 120 Å². The van der Waals surface area contributed by atoms with Gasteiger partial charge in [-0.1, -0.05) is 0 Å². The van der Waals surface area contributed by atoms with Crippen molar-refractivity contribution in [3.05, 3.63) is 11.9 Å². The van der Waals surface area contributed by atoms with Crippen molar-refractivity contribution in [2.75, 3.05) is 30.5 Å². The minimum absolute atomic E-state index is 0.285. The second-order valence-electron chi connectivity index (χ2n) is 5.41. The van der Waals surface area contributed by atoms with Crippen LogP contribution in [0.5, 0.6) is 0 Å². The zero-order valence-corrected chi connectivity index (χ0v) is 13.0. The Morgan fingerprint density at radius 2 is 2.26 bits per heavy atom. The zero-order chi connectivity index (χ0) is 13.7. The third kappa shape index (κ3) is 4.42. The molecule has 1 fully saturated rings. The molecule has 1 aliphatic rings. The lowest BCUT2D eigenvalue weighted by Crippen LogP contribution is -2.24. The summed E-state index contributed by atoms with van der Waals surface area (Å²) in [7, 11) is 1.73. The van der Waals surface area contributed by atoms with Crippen molar-refractivity contribution in [3.63, 3.8) is 0 Å². The molecule has 0 radical (unpaired) electrons. The molecule has 19 heavy (non-hydrogen) atoms. The van der Waals surface area contributed by atoms with E-state index in [9.17, 15) is 0 Å². The summed E-state index contributed by atoms with van der Waals surface area (Å²) in [6.45, 7) is 5.96. The number of hydrogen-bond donors (Lipinski definition) is 1. The summed E-state index contributed by atoms with van der Waals surface area (Å²) in [5, 5.41) is 3.44. The van der Waals surface area contributed by atoms with Gasteiger partial charge in [-0.3, -0.25) is 0 Å². The van der Waals surface area contributed by atoms with E-state index in [0.29, 0.717) is 6.61 Å². The lowest BCUT2D eigenvalue weighted by Gasteiger charge is -2.23. The first-order valence-corrected chi connectivity index (χ1v) is 8.21. The SMILES string of the molecule is COCC(C)Nc1nc(C)cn1CC1CCSCC1. The van der Waals surface area contributed by atoms with Gasteiger partial charge in [-0.25, -0.2) is 4.98 Å². The Bertz CT molecular complexity index is 388. The quantitative estimate of drug-likeness (QED) is 0.871. The monoisotopic (exact) mass is 283 g/mol. The number of rotatable bonds is 6. The molecule has 1 saturated heterocycles. The zero-order valence-electron chi connectivity index (χ0n) is 12.2. The van der Waals surface area contributed by atoms with Crippen LogP contribution in [-0.4, -0.2) is 40.8 Å². The maximum Gasteiger partial charge on any atom is 0.203 e. The Morgan fingerprint density at radius 3 is 2.95 bits per heavy atom. The molecule has 1 atom stereocenters. The largest absolute Gasteiger partial charge is 0.383 e. The van der Waals surface area contributed by atoms with Crippen molar-refractivity contribution < 1.29 is 4.74 Å². The number of nitrogens with zero attached hydrogens (tertiary/aromatic N) is 2. The molecule has 1 N–H and O–H groups in total. The lowest BCUT2D eigenvalue weighted by molar-refractivity contribution is 0.190. The molecule has 108 valence electrons. The van der Waals surface area contributed by atoms with E-state index in [1.54, 1.807) is 7.11 Å². The number of imidazole rings is 1. The van der Waals surface area contributed by atoms with E-state index in [2.05, 4.69) is 46.7 Å². The predicted octanol–water partition coefficient (Wildman–Crippen LogP) is 2.78. The molecule has 1 aromatic heterocycles. The normalized spacial score (nSPS) is 18.5. The summed E-state index contributed by atoms with van der Waals surface area (Å²) >= 11 is 2.08. The topological polar surface area (TPSA) is 39.1 Å². The summed E-state index contributed by atoms with van der Waals surface area (Å²) in [5.41, 5.74) is 1.08. The molecule has 1 aromatic rings. The third-order valence-electron chi connectivity index (χ3n) is 3.48. The fraction of sp³-hybridized carbons (Fsp3) is 0.786. The highest BCUT2D eigenvalue weighted by Crippen LogP contribution is 2.25. The van der Waals surface area contributed by atoms with Crippen LogP contribution in [0.1, 0.15) is 25.5 Å². The number of anilines is 1. The van der Waals surface area contributed by atoms with Crippen molar-refractivity contribution in [1.29, 1.82) is 0 Å². The summed E-state index contributed by atoms with van der Waals surface area (Å²) in [5.74, 6) is 4.40. The molecule has 5 heteroatoms. The molecule has 4 nitrogen and oxygen atoms in total. The molecule has 1 unspecified atom stereocenters. The molecule has 2 rings (SSSR count). The van der Waals surface area contributed by atoms with Gasteiger partial charge in [0.2, 0.25) is 5.95 Å².